The molecular weight excluding hydrogens is 320 g/mol. The first-order valence-electron chi connectivity index (χ1n) is 6.68. The van der Waals surface area contributed by atoms with Crippen LogP contribution in [0.25, 0.3) is 0 Å². The summed E-state index contributed by atoms with van der Waals surface area (Å²) in [4.78, 5) is 4.00. The van der Waals surface area contributed by atoms with Crippen LogP contribution in [0.2, 0.25) is 0 Å². The second-order valence-electron chi connectivity index (χ2n) is 5.42. The van der Waals surface area contributed by atoms with Crippen molar-refractivity contribution in [1.82, 2.24) is 0 Å². The molecule has 20 heavy (non-hydrogen) atoms. The Balaban J connectivity index is 2.00. The van der Waals surface area contributed by atoms with Crippen molar-refractivity contribution in [2.24, 2.45) is 4.99 Å². The Bertz CT molecular complexity index is 598. The zero-order valence-electron chi connectivity index (χ0n) is 11.2. The molecule has 2 aliphatic rings. The number of ether oxygens (including phenoxy) is 2. The molecule has 1 spiro atoms. The molecule has 4 nitrogen and oxygen atoms in total. The number of halogens is 1. The average molecular weight is 335 g/mol. The number of hydrogen-bond donors (Lipinski definition) is 0. The lowest BCUT2D eigenvalue weighted by molar-refractivity contribution is -0.0974. The lowest BCUT2D eigenvalue weighted by Crippen LogP contribution is -2.50. The molecule has 0 saturated carbocycles. The summed E-state index contributed by atoms with van der Waals surface area (Å²) in [5, 5.41) is 8.92. The average Bonchev–Trinajstić information content (AvgIpc) is 2.44. The van der Waals surface area contributed by atoms with E-state index in [-0.39, 0.29) is 11.7 Å². The molecule has 104 valence electrons. The quantitative estimate of drug-likeness (QED) is 0.683. The van der Waals surface area contributed by atoms with Crippen molar-refractivity contribution in [1.29, 1.82) is 5.26 Å². The highest BCUT2D eigenvalue weighted by molar-refractivity contribution is 9.10. The van der Waals surface area contributed by atoms with Crippen molar-refractivity contribution in [3.8, 4) is 11.9 Å². The molecule has 2 atom stereocenters. The minimum atomic E-state index is -0.372. The SMILES string of the molecule is CC1CCC2(CO1)C/C(=N\C#N)c1cc(Br)ccc1O2. The first-order valence-corrected chi connectivity index (χ1v) is 7.47. The molecule has 0 bridgehead atoms. The van der Waals surface area contributed by atoms with Gasteiger partial charge in [0.2, 0.25) is 6.19 Å². The molecule has 0 radical (unpaired) electrons. The van der Waals surface area contributed by atoms with Gasteiger partial charge in [-0.25, -0.2) is 0 Å². The number of aliphatic imine (C=N–C) groups is 1. The number of fused-ring (bicyclic) bond motifs is 1. The van der Waals surface area contributed by atoms with Gasteiger partial charge in [-0.3, -0.25) is 0 Å². The second kappa shape index (κ2) is 5.19. The third kappa shape index (κ3) is 2.46. The van der Waals surface area contributed by atoms with E-state index in [4.69, 9.17) is 14.7 Å². The van der Waals surface area contributed by atoms with Gasteiger partial charge in [0.15, 0.2) is 0 Å². The first-order chi connectivity index (χ1) is 9.62. The van der Waals surface area contributed by atoms with Crippen molar-refractivity contribution in [2.75, 3.05) is 6.61 Å². The molecule has 1 aromatic rings. The fraction of sp³-hybridized carbons (Fsp3) is 0.467. The maximum Gasteiger partial charge on any atom is 0.205 e. The van der Waals surface area contributed by atoms with Crippen molar-refractivity contribution in [3.05, 3.63) is 28.2 Å². The Hall–Kier alpha value is -1.38. The molecule has 0 aliphatic carbocycles. The number of nitrogens with zero attached hydrogens (tertiary/aromatic N) is 2. The summed E-state index contributed by atoms with van der Waals surface area (Å²) < 4.78 is 12.9. The van der Waals surface area contributed by atoms with E-state index in [1.54, 1.807) is 0 Å². The molecule has 1 fully saturated rings. The van der Waals surface area contributed by atoms with Crippen molar-refractivity contribution >= 4 is 21.6 Å². The van der Waals surface area contributed by atoms with E-state index >= 15 is 0 Å². The Morgan fingerprint density at radius 2 is 2.35 bits per heavy atom. The van der Waals surface area contributed by atoms with E-state index in [1.165, 1.54) is 0 Å². The van der Waals surface area contributed by atoms with Gasteiger partial charge in [-0.1, -0.05) is 15.9 Å². The monoisotopic (exact) mass is 334 g/mol. The van der Waals surface area contributed by atoms with Crippen molar-refractivity contribution < 1.29 is 9.47 Å². The zero-order chi connectivity index (χ0) is 14.2. The van der Waals surface area contributed by atoms with Crippen LogP contribution in [0.4, 0.5) is 0 Å². The van der Waals surface area contributed by atoms with Gasteiger partial charge in [0, 0.05) is 16.5 Å². The van der Waals surface area contributed by atoms with Crippen LogP contribution in [-0.2, 0) is 4.74 Å². The standard InChI is InChI=1S/C15H15BrN2O2/c1-10-4-5-15(8-19-10)7-13(18-9-17)12-6-11(16)2-3-14(12)20-15/h2-3,6,10H,4-5,7-8H2,1H3/b18-13+. The number of rotatable bonds is 0. The lowest BCUT2D eigenvalue weighted by atomic mass is 9.84. The molecular formula is C15H15BrN2O2. The smallest absolute Gasteiger partial charge is 0.205 e. The first kappa shape index (κ1) is 13.6. The molecule has 1 aromatic carbocycles. The number of benzene rings is 1. The molecule has 1 saturated heterocycles. The van der Waals surface area contributed by atoms with Crippen molar-refractivity contribution in [3.63, 3.8) is 0 Å². The highest BCUT2D eigenvalue weighted by atomic mass is 79.9. The van der Waals surface area contributed by atoms with Crippen LogP contribution in [0.1, 0.15) is 31.7 Å². The Kier molecular flexibility index (Phi) is 3.53. The fourth-order valence-corrected chi connectivity index (χ4v) is 3.14. The third-order valence-corrected chi connectivity index (χ3v) is 4.38. The molecule has 0 aromatic heterocycles. The third-order valence-electron chi connectivity index (χ3n) is 3.89. The van der Waals surface area contributed by atoms with Gasteiger partial charge in [-0.2, -0.15) is 10.3 Å². The van der Waals surface area contributed by atoms with Gasteiger partial charge < -0.3 is 9.47 Å². The van der Waals surface area contributed by atoms with Crippen molar-refractivity contribution in [2.45, 2.75) is 37.9 Å². The van der Waals surface area contributed by atoms with E-state index in [0.29, 0.717) is 13.0 Å². The van der Waals surface area contributed by atoms with Gasteiger partial charge in [-0.05, 0) is 38.0 Å². The van der Waals surface area contributed by atoms with E-state index < -0.39 is 0 Å². The molecule has 0 amide bonds. The van der Waals surface area contributed by atoms with Gasteiger partial charge in [0.05, 0.1) is 18.4 Å². The summed E-state index contributed by atoms with van der Waals surface area (Å²) in [6.07, 6.45) is 4.69. The summed E-state index contributed by atoms with van der Waals surface area (Å²) in [6.45, 7) is 2.62. The van der Waals surface area contributed by atoms with Crippen LogP contribution in [-0.4, -0.2) is 24.0 Å². The van der Waals surface area contributed by atoms with Crippen LogP contribution in [0, 0.1) is 11.5 Å². The summed E-state index contributed by atoms with van der Waals surface area (Å²) in [5.74, 6) is 0.784. The summed E-state index contributed by atoms with van der Waals surface area (Å²) in [6, 6.07) is 5.81. The number of nitriles is 1. The Morgan fingerprint density at radius 1 is 1.50 bits per heavy atom. The zero-order valence-corrected chi connectivity index (χ0v) is 12.8. The van der Waals surface area contributed by atoms with Gasteiger partial charge in [0.1, 0.15) is 11.4 Å². The predicted octanol–water partition coefficient (Wildman–Crippen LogP) is 3.44. The Labute approximate surface area is 126 Å². The molecule has 0 N–H and O–H groups in total. The second-order valence-corrected chi connectivity index (χ2v) is 6.34. The van der Waals surface area contributed by atoms with Crippen LogP contribution in [0.15, 0.2) is 27.7 Å². The van der Waals surface area contributed by atoms with Crippen LogP contribution >= 0.6 is 15.9 Å². The Morgan fingerprint density at radius 3 is 3.05 bits per heavy atom. The molecule has 2 aliphatic heterocycles. The molecule has 3 rings (SSSR count). The van der Waals surface area contributed by atoms with E-state index in [9.17, 15) is 0 Å². The van der Waals surface area contributed by atoms with Crippen LogP contribution < -0.4 is 4.74 Å². The highest BCUT2D eigenvalue weighted by Gasteiger charge is 2.42. The topological polar surface area (TPSA) is 54.6 Å². The van der Waals surface area contributed by atoms with E-state index in [2.05, 4.69) is 27.8 Å². The fourth-order valence-electron chi connectivity index (χ4n) is 2.78. The van der Waals surface area contributed by atoms with Gasteiger partial charge in [-0.15, -0.1) is 0 Å². The summed E-state index contributed by atoms with van der Waals surface area (Å²) in [7, 11) is 0. The van der Waals surface area contributed by atoms with E-state index in [0.717, 1.165) is 34.3 Å². The van der Waals surface area contributed by atoms with Gasteiger partial charge >= 0.3 is 0 Å². The number of hydrogen-bond acceptors (Lipinski definition) is 4. The normalized spacial score (nSPS) is 30.6. The van der Waals surface area contributed by atoms with E-state index in [1.807, 2.05) is 24.4 Å². The minimum absolute atomic E-state index is 0.270. The molecule has 2 unspecified atom stereocenters. The predicted molar refractivity (Wildman–Crippen MR) is 78.9 cm³/mol. The summed E-state index contributed by atoms with van der Waals surface area (Å²) in [5.41, 5.74) is 1.31. The minimum Gasteiger partial charge on any atom is -0.484 e. The maximum absolute atomic E-state index is 8.92. The largest absolute Gasteiger partial charge is 0.484 e. The maximum atomic E-state index is 8.92. The molecule has 2 heterocycles. The highest BCUT2D eigenvalue weighted by Crippen LogP contribution is 2.40. The van der Waals surface area contributed by atoms with Crippen LogP contribution in [0.5, 0.6) is 5.75 Å². The summed E-state index contributed by atoms with van der Waals surface area (Å²) >= 11 is 3.45. The molecule has 5 heteroatoms. The lowest BCUT2D eigenvalue weighted by Gasteiger charge is -2.42. The van der Waals surface area contributed by atoms with Gasteiger partial charge in [0.25, 0.3) is 0 Å². The van der Waals surface area contributed by atoms with Crippen LogP contribution in [0.3, 0.4) is 0 Å².